The van der Waals surface area contributed by atoms with Gasteiger partial charge in [0.2, 0.25) is 5.95 Å². The summed E-state index contributed by atoms with van der Waals surface area (Å²) >= 11 is 5.96. The van der Waals surface area contributed by atoms with E-state index < -0.39 is 4.92 Å². The van der Waals surface area contributed by atoms with E-state index in [4.69, 9.17) is 23.1 Å². The first-order chi connectivity index (χ1) is 11.4. The van der Waals surface area contributed by atoms with Gasteiger partial charge >= 0.3 is 0 Å². The number of nitrogens with two attached hydrogens (primary N) is 2. The van der Waals surface area contributed by atoms with Crippen molar-refractivity contribution in [1.29, 1.82) is 0 Å². The number of nitrogen functional groups attached to an aromatic ring is 2. The molecular formula is C12H13ClN8O3. The molecule has 0 amide bonds. The number of nitroso groups, excluding NO2 is 1. The fourth-order valence-electron chi connectivity index (χ4n) is 1.80. The quantitative estimate of drug-likeness (QED) is 0.251. The smallest absolute Gasteiger partial charge is 0.271 e. The highest BCUT2D eigenvalue weighted by atomic mass is 35.5. The minimum Gasteiger partial charge on any atom is -0.382 e. The van der Waals surface area contributed by atoms with Crippen LogP contribution in [-0.4, -0.2) is 28.0 Å². The van der Waals surface area contributed by atoms with Crippen molar-refractivity contribution in [3.63, 3.8) is 0 Å². The van der Waals surface area contributed by atoms with E-state index in [1.54, 1.807) is 0 Å². The highest BCUT2D eigenvalue weighted by Crippen LogP contribution is 2.27. The summed E-state index contributed by atoms with van der Waals surface area (Å²) in [5.41, 5.74) is 11.3. The number of anilines is 4. The van der Waals surface area contributed by atoms with Gasteiger partial charge in [0.1, 0.15) is 0 Å². The fraction of sp³-hybridized carbons (Fsp3) is 0.167. The molecule has 11 nitrogen and oxygen atoms in total. The SMILES string of the molecule is Nc1nc(NCCNc2ccc([N+](=O)[O-])cc2Cl)nc(N)c1N=O. The van der Waals surface area contributed by atoms with Crippen LogP contribution >= 0.6 is 11.6 Å². The van der Waals surface area contributed by atoms with Gasteiger partial charge in [-0.3, -0.25) is 10.1 Å². The second kappa shape index (κ2) is 7.37. The molecule has 1 aromatic carbocycles. The van der Waals surface area contributed by atoms with Crippen LogP contribution in [-0.2, 0) is 0 Å². The average molecular weight is 353 g/mol. The number of hydrogen-bond acceptors (Lipinski definition) is 10. The van der Waals surface area contributed by atoms with Crippen LogP contribution in [0.2, 0.25) is 5.02 Å². The van der Waals surface area contributed by atoms with Crippen LogP contribution in [0, 0.1) is 15.0 Å². The van der Waals surface area contributed by atoms with Gasteiger partial charge in [0, 0.05) is 25.2 Å². The Morgan fingerprint density at radius 1 is 1.21 bits per heavy atom. The van der Waals surface area contributed by atoms with E-state index in [0.29, 0.717) is 18.8 Å². The van der Waals surface area contributed by atoms with Gasteiger partial charge in [-0.1, -0.05) is 11.6 Å². The summed E-state index contributed by atoms with van der Waals surface area (Å²) in [5.74, 6) is -0.0910. The molecule has 1 heterocycles. The van der Waals surface area contributed by atoms with E-state index >= 15 is 0 Å². The van der Waals surface area contributed by atoms with Gasteiger partial charge in [-0.15, -0.1) is 4.91 Å². The molecule has 1 aromatic heterocycles. The second-order valence-electron chi connectivity index (χ2n) is 4.53. The van der Waals surface area contributed by atoms with Crippen LogP contribution < -0.4 is 22.1 Å². The van der Waals surface area contributed by atoms with Gasteiger partial charge in [-0.2, -0.15) is 9.97 Å². The first kappa shape index (κ1) is 17.1. The summed E-state index contributed by atoms with van der Waals surface area (Å²) in [7, 11) is 0. The van der Waals surface area contributed by atoms with E-state index in [-0.39, 0.29) is 34.0 Å². The summed E-state index contributed by atoms with van der Waals surface area (Å²) in [6.45, 7) is 0.786. The number of benzene rings is 1. The van der Waals surface area contributed by atoms with Crippen LogP contribution in [0.25, 0.3) is 0 Å². The van der Waals surface area contributed by atoms with Crippen LogP contribution in [0.3, 0.4) is 0 Å². The third-order valence-corrected chi connectivity index (χ3v) is 3.23. The first-order valence-electron chi connectivity index (χ1n) is 6.60. The van der Waals surface area contributed by atoms with Crippen LogP contribution in [0.4, 0.5) is 34.6 Å². The molecule has 2 aromatic rings. The van der Waals surface area contributed by atoms with E-state index in [9.17, 15) is 15.0 Å². The largest absolute Gasteiger partial charge is 0.382 e. The Morgan fingerprint density at radius 3 is 2.38 bits per heavy atom. The highest BCUT2D eigenvalue weighted by molar-refractivity contribution is 6.33. The van der Waals surface area contributed by atoms with Crippen LogP contribution in [0.1, 0.15) is 0 Å². The van der Waals surface area contributed by atoms with E-state index in [2.05, 4.69) is 25.8 Å². The molecule has 12 heteroatoms. The lowest BCUT2D eigenvalue weighted by Gasteiger charge is -2.10. The van der Waals surface area contributed by atoms with E-state index in [1.165, 1.54) is 18.2 Å². The molecule has 0 fully saturated rings. The number of nitro groups is 1. The minimum atomic E-state index is -0.527. The Kier molecular flexibility index (Phi) is 5.27. The standard InChI is InChI=1S/C12H13ClN8O3/c13-7-5-6(21(23)24)1-2-8(7)16-3-4-17-12-18-10(14)9(20-22)11(15)19-12/h1-2,5,16H,3-4H2,(H5,14,15,17,18,19). The third kappa shape index (κ3) is 3.95. The van der Waals surface area contributed by atoms with Crippen molar-refractivity contribution in [3.8, 4) is 0 Å². The van der Waals surface area contributed by atoms with Gasteiger partial charge in [-0.25, -0.2) is 0 Å². The minimum absolute atomic E-state index is 0.0908. The summed E-state index contributed by atoms with van der Waals surface area (Å²) in [6.07, 6.45) is 0. The number of nitrogens with one attached hydrogen (secondary N) is 2. The Bertz CT molecular complexity index is 762. The van der Waals surface area contributed by atoms with Crippen molar-refractivity contribution in [2.45, 2.75) is 0 Å². The fourth-order valence-corrected chi connectivity index (χ4v) is 2.04. The summed E-state index contributed by atoms with van der Waals surface area (Å²) in [4.78, 5) is 28.3. The number of rotatable bonds is 7. The molecule has 0 unspecified atom stereocenters. The maximum Gasteiger partial charge on any atom is 0.271 e. The molecule has 0 spiro atoms. The van der Waals surface area contributed by atoms with Crippen molar-refractivity contribution in [3.05, 3.63) is 38.2 Å². The Hall–Kier alpha value is -3.21. The maximum absolute atomic E-state index is 10.6. The number of nitro benzene ring substituents is 1. The van der Waals surface area contributed by atoms with Gasteiger partial charge < -0.3 is 22.1 Å². The zero-order chi connectivity index (χ0) is 17.7. The average Bonchev–Trinajstić information content (AvgIpc) is 2.52. The predicted octanol–water partition coefficient (Wildman–Crippen LogP) is 2.12. The Balaban J connectivity index is 1.92. The maximum atomic E-state index is 10.6. The van der Waals surface area contributed by atoms with Crippen molar-refractivity contribution < 1.29 is 4.92 Å². The Labute approximate surface area is 140 Å². The molecule has 0 aliphatic carbocycles. The lowest BCUT2D eigenvalue weighted by atomic mass is 10.3. The van der Waals surface area contributed by atoms with Crippen LogP contribution in [0.5, 0.6) is 0 Å². The summed E-state index contributed by atoms with van der Waals surface area (Å²) < 4.78 is 0. The number of aromatic nitrogens is 2. The highest BCUT2D eigenvalue weighted by Gasteiger charge is 2.11. The van der Waals surface area contributed by atoms with Crippen molar-refractivity contribution in [2.75, 3.05) is 35.2 Å². The molecule has 6 N–H and O–H groups in total. The number of nitrogens with zero attached hydrogens (tertiary/aromatic N) is 4. The monoisotopic (exact) mass is 352 g/mol. The molecule has 0 bridgehead atoms. The molecule has 24 heavy (non-hydrogen) atoms. The number of non-ortho nitro benzene ring substituents is 1. The molecule has 2 rings (SSSR count). The van der Waals surface area contributed by atoms with Gasteiger partial charge in [0.15, 0.2) is 17.3 Å². The first-order valence-corrected chi connectivity index (χ1v) is 6.98. The molecule has 0 aliphatic heterocycles. The molecular weight excluding hydrogens is 340 g/mol. The van der Waals surface area contributed by atoms with E-state index in [0.717, 1.165) is 0 Å². The van der Waals surface area contributed by atoms with Gasteiger partial charge in [-0.05, 0) is 11.2 Å². The molecule has 126 valence electrons. The summed E-state index contributed by atoms with van der Waals surface area (Å²) in [5, 5.41) is 19.4. The van der Waals surface area contributed by atoms with Crippen molar-refractivity contribution in [2.24, 2.45) is 5.18 Å². The number of halogens is 1. The zero-order valence-corrected chi connectivity index (χ0v) is 12.9. The Morgan fingerprint density at radius 2 is 1.83 bits per heavy atom. The van der Waals surface area contributed by atoms with Crippen molar-refractivity contribution in [1.82, 2.24) is 9.97 Å². The van der Waals surface area contributed by atoms with Crippen LogP contribution in [0.15, 0.2) is 23.4 Å². The second-order valence-corrected chi connectivity index (χ2v) is 4.94. The van der Waals surface area contributed by atoms with Crippen molar-refractivity contribution >= 4 is 46.2 Å². The topological polar surface area (TPSA) is 174 Å². The third-order valence-electron chi connectivity index (χ3n) is 2.92. The zero-order valence-electron chi connectivity index (χ0n) is 12.2. The van der Waals surface area contributed by atoms with Gasteiger partial charge in [0.25, 0.3) is 5.69 Å². The molecule has 0 atom stereocenters. The molecule has 0 saturated heterocycles. The van der Waals surface area contributed by atoms with Gasteiger partial charge in [0.05, 0.1) is 15.6 Å². The molecule has 0 aliphatic rings. The lowest BCUT2D eigenvalue weighted by Crippen LogP contribution is -2.16. The van der Waals surface area contributed by atoms with E-state index in [1.807, 2.05) is 0 Å². The number of hydrogen-bond donors (Lipinski definition) is 4. The molecule has 0 saturated carbocycles. The lowest BCUT2D eigenvalue weighted by molar-refractivity contribution is -0.384. The summed E-state index contributed by atoms with van der Waals surface area (Å²) in [6, 6.07) is 4.11. The normalized spacial score (nSPS) is 10.2. The predicted molar refractivity (Wildman–Crippen MR) is 91.4 cm³/mol. The molecule has 0 radical (unpaired) electrons.